The van der Waals surface area contributed by atoms with Gasteiger partial charge in [0.25, 0.3) is 0 Å². The molecule has 1 aliphatic rings. The zero-order chi connectivity index (χ0) is 10.2. The monoisotopic (exact) mass is 229 g/mol. The molecule has 14 heavy (non-hydrogen) atoms. The van der Waals surface area contributed by atoms with Crippen LogP contribution in [0.5, 0.6) is 0 Å². The van der Waals surface area contributed by atoms with E-state index in [0.29, 0.717) is 6.54 Å². The second-order valence-corrected chi connectivity index (χ2v) is 4.81. The summed E-state index contributed by atoms with van der Waals surface area (Å²) in [5.41, 5.74) is 7.04. The highest BCUT2D eigenvalue weighted by molar-refractivity contribution is 6.33. The van der Waals surface area contributed by atoms with Gasteiger partial charge in [-0.3, -0.25) is 0 Å². The number of benzene rings is 1. The van der Waals surface area contributed by atoms with Crippen molar-refractivity contribution in [3.8, 4) is 0 Å². The van der Waals surface area contributed by atoms with E-state index in [1.807, 2.05) is 18.2 Å². The molecule has 3 heteroatoms. The van der Waals surface area contributed by atoms with Crippen molar-refractivity contribution in [2.24, 2.45) is 5.73 Å². The first-order valence-electron chi connectivity index (χ1n) is 4.83. The highest BCUT2D eigenvalue weighted by Gasteiger charge is 2.38. The molecule has 2 N–H and O–H groups in total. The summed E-state index contributed by atoms with van der Waals surface area (Å²) < 4.78 is 0. The number of halogens is 2. The van der Waals surface area contributed by atoms with E-state index < -0.39 is 0 Å². The molecule has 1 saturated carbocycles. The third-order valence-corrected chi connectivity index (χ3v) is 3.77. The van der Waals surface area contributed by atoms with Crippen LogP contribution < -0.4 is 5.73 Å². The van der Waals surface area contributed by atoms with E-state index in [2.05, 4.69) is 0 Å². The van der Waals surface area contributed by atoms with Crippen LogP contribution in [0.1, 0.15) is 24.8 Å². The van der Waals surface area contributed by atoms with Gasteiger partial charge in [-0.05, 0) is 36.6 Å². The second-order valence-electron chi connectivity index (χ2n) is 3.96. The molecule has 0 spiro atoms. The first kappa shape index (κ1) is 10.3. The van der Waals surface area contributed by atoms with Gasteiger partial charge in [0.15, 0.2) is 0 Å². The third kappa shape index (κ3) is 1.54. The average molecular weight is 230 g/mol. The molecule has 1 nitrogen and oxygen atoms in total. The van der Waals surface area contributed by atoms with Gasteiger partial charge in [0.05, 0.1) is 0 Å². The number of hydrogen-bond donors (Lipinski definition) is 1. The van der Waals surface area contributed by atoms with Crippen molar-refractivity contribution < 1.29 is 0 Å². The summed E-state index contributed by atoms with van der Waals surface area (Å²) in [4.78, 5) is 0. The van der Waals surface area contributed by atoms with E-state index in [1.165, 1.54) is 6.42 Å². The Morgan fingerprint density at radius 1 is 1.29 bits per heavy atom. The summed E-state index contributed by atoms with van der Waals surface area (Å²) in [6.07, 6.45) is 3.49. The SMILES string of the molecule is NCC1(c2cc(Cl)ccc2Cl)CCC1. The summed E-state index contributed by atoms with van der Waals surface area (Å²) in [6.45, 7) is 0.660. The van der Waals surface area contributed by atoms with Gasteiger partial charge in [0.2, 0.25) is 0 Å². The molecule has 0 unspecified atom stereocenters. The molecular weight excluding hydrogens is 217 g/mol. The maximum Gasteiger partial charge on any atom is 0.0445 e. The Balaban J connectivity index is 2.43. The van der Waals surface area contributed by atoms with Crippen molar-refractivity contribution >= 4 is 23.2 Å². The van der Waals surface area contributed by atoms with E-state index in [-0.39, 0.29) is 5.41 Å². The lowest BCUT2D eigenvalue weighted by atomic mass is 9.64. The molecule has 0 bridgehead atoms. The number of hydrogen-bond acceptors (Lipinski definition) is 1. The van der Waals surface area contributed by atoms with Crippen molar-refractivity contribution in [2.75, 3.05) is 6.54 Å². The van der Waals surface area contributed by atoms with Gasteiger partial charge >= 0.3 is 0 Å². The molecule has 0 radical (unpaired) electrons. The first-order chi connectivity index (χ1) is 6.68. The highest BCUT2D eigenvalue weighted by atomic mass is 35.5. The van der Waals surface area contributed by atoms with Crippen LogP contribution in [0.2, 0.25) is 10.0 Å². The van der Waals surface area contributed by atoms with Crippen LogP contribution in [0, 0.1) is 0 Å². The molecule has 2 rings (SSSR count). The summed E-state index contributed by atoms with van der Waals surface area (Å²) in [5, 5.41) is 1.53. The van der Waals surface area contributed by atoms with E-state index in [1.54, 1.807) is 0 Å². The third-order valence-electron chi connectivity index (χ3n) is 3.20. The number of nitrogens with two attached hydrogens (primary N) is 1. The van der Waals surface area contributed by atoms with Crippen LogP contribution in [0.25, 0.3) is 0 Å². The lowest BCUT2D eigenvalue weighted by Gasteiger charge is -2.42. The van der Waals surface area contributed by atoms with Gasteiger partial charge in [-0.1, -0.05) is 29.6 Å². The Morgan fingerprint density at radius 2 is 2.00 bits per heavy atom. The molecule has 0 atom stereocenters. The Kier molecular flexibility index (Phi) is 2.74. The minimum absolute atomic E-state index is 0.0992. The zero-order valence-electron chi connectivity index (χ0n) is 7.89. The molecule has 0 saturated heterocycles. The Labute approximate surface area is 94.2 Å². The Hall–Kier alpha value is -0.240. The Bertz CT molecular complexity index is 340. The summed E-state index contributed by atoms with van der Waals surface area (Å²) >= 11 is 12.1. The van der Waals surface area contributed by atoms with Gasteiger partial charge in [0, 0.05) is 22.0 Å². The van der Waals surface area contributed by atoms with E-state index in [9.17, 15) is 0 Å². The van der Waals surface area contributed by atoms with Crippen molar-refractivity contribution in [3.05, 3.63) is 33.8 Å². The molecular formula is C11H13Cl2N. The predicted molar refractivity (Wildman–Crippen MR) is 61.0 cm³/mol. The van der Waals surface area contributed by atoms with E-state index >= 15 is 0 Å². The second kappa shape index (κ2) is 3.73. The van der Waals surface area contributed by atoms with Gasteiger partial charge in [0.1, 0.15) is 0 Å². The molecule has 1 aromatic carbocycles. The fourth-order valence-corrected chi connectivity index (χ4v) is 2.58. The van der Waals surface area contributed by atoms with Crippen LogP contribution in [0.15, 0.2) is 18.2 Å². The number of rotatable bonds is 2. The first-order valence-corrected chi connectivity index (χ1v) is 5.59. The average Bonchev–Trinajstić information content (AvgIpc) is 2.10. The summed E-state index contributed by atoms with van der Waals surface area (Å²) in [5.74, 6) is 0. The minimum Gasteiger partial charge on any atom is -0.330 e. The standard InChI is InChI=1S/C11H13Cl2N/c12-8-2-3-10(13)9(6-8)11(7-14)4-1-5-11/h2-3,6H,1,4-5,7,14H2. The van der Waals surface area contributed by atoms with E-state index in [0.717, 1.165) is 28.5 Å². The molecule has 76 valence electrons. The lowest BCUT2D eigenvalue weighted by Crippen LogP contribution is -2.41. The van der Waals surface area contributed by atoms with Crippen molar-refractivity contribution in [1.29, 1.82) is 0 Å². The van der Waals surface area contributed by atoms with Gasteiger partial charge < -0.3 is 5.73 Å². The van der Waals surface area contributed by atoms with Crippen molar-refractivity contribution in [1.82, 2.24) is 0 Å². The molecule has 0 aromatic heterocycles. The smallest absolute Gasteiger partial charge is 0.0445 e. The van der Waals surface area contributed by atoms with Crippen LogP contribution in [0.3, 0.4) is 0 Å². The van der Waals surface area contributed by atoms with E-state index in [4.69, 9.17) is 28.9 Å². The minimum atomic E-state index is 0.0992. The predicted octanol–water partition coefficient (Wildman–Crippen LogP) is 3.37. The topological polar surface area (TPSA) is 26.0 Å². The fourth-order valence-electron chi connectivity index (χ4n) is 2.09. The highest BCUT2D eigenvalue weighted by Crippen LogP contribution is 2.45. The summed E-state index contributed by atoms with van der Waals surface area (Å²) in [6, 6.07) is 5.63. The van der Waals surface area contributed by atoms with Crippen LogP contribution in [-0.4, -0.2) is 6.54 Å². The molecule has 0 amide bonds. The van der Waals surface area contributed by atoms with Gasteiger partial charge in [-0.25, -0.2) is 0 Å². The van der Waals surface area contributed by atoms with Crippen molar-refractivity contribution in [2.45, 2.75) is 24.7 Å². The Morgan fingerprint density at radius 3 is 2.50 bits per heavy atom. The van der Waals surface area contributed by atoms with Gasteiger partial charge in [-0.2, -0.15) is 0 Å². The quantitative estimate of drug-likeness (QED) is 0.828. The normalized spacial score (nSPS) is 19.1. The molecule has 0 heterocycles. The van der Waals surface area contributed by atoms with Gasteiger partial charge in [-0.15, -0.1) is 0 Å². The maximum absolute atomic E-state index is 6.16. The summed E-state index contributed by atoms with van der Waals surface area (Å²) in [7, 11) is 0. The molecule has 1 aliphatic carbocycles. The van der Waals surface area contributed by atoms with Crippen molar-refractivity contribution in [3.63, 3.8) is 0 Å². The molecule has 0 aliphatic heterocycles. The molecule has 1 aromatic rings. The maximum atomic E-state index is 6.16. The molecule has 1 fully saturated rings. The zero-order valence-corrected chi connectivity index (χ0v) is 9.41. The van der Waals surface area contributed by atoms with Crippen LogP contribution >= 0.6 is 23.2 Å². The lowest BCUT2D eigenvalue weighted by molar-refractivity contribution is 0.253. The largest absolute Gasteiger partial charge is 0.330 e. The van der Waals surface area contributed by atoms with Crippen LogP contribution in [-0.2, 0) is 5.41 Å². The van der Waals surface area contributed by atoms with Crippen LogP contribution in [0.4, 0.5) is 0 Å². The fraction of sp³-hybridized carbons (Fsp3) is 0.455.